The number of benzene rings is 2. The fourth-order valence-corrected chi connectivity index (χ4v) is 4.54. The van der Waals surface area contributed by atoms with Gasteiger partial charge in [0.05, 0.1) is 34.3 Å². The summed E-state index contributed by atoms with van der Waals surface area (Å²) in [7, 11) is 0. The van der Waals surface area contributed by atoms with Crippen molar-refractivity contribution < 1.29 is 22.4 Å². The summed E-state index contributed by atoms with van der Waals surface area (Å²) in [5, 5.41) is 2.63. The van der Waals surface area contributed by atoms with Gasteiger partial charge in [0.25, 0.3) is 5.91 Å². The van der Waals surface area contributed by atoms with Crippen LogP contribution in [0.3, 0.4) is 0 Å². The average Bonchev–Trinajstić information content (AvgIpc) is 2.75. The molecule has 1 saturated heterocycles. The van der Waals surface area contributed by atoms with E-state index < -0.39 is 45.9 Å². The van der Waals surface area contributed by atoms with E-state index in [4.69, 9.17) is 5.73 Å². The molecule has 5 nitrogen and oxygen atoms in total. The van der Waals surface area contributed by atoms with Crippen LogP contribution in [0.4, 0.5) is 28.9 Å². The molecule has 0 aliphatic carbocycles. The Morgan fingerprint density at radius 1 is 1.03 bits per heavy atom. The van der Waals surface area contributed by atoms with E-state index in [1.165, 1.54) is 6.20 Å². The lowest BCUT2D eigenvalue weighted by molar-refractivity contribution is 0.102. The minimum atomic E-state index is -1.36. The number of carbonyl (C=O) groups excluding carboxylic acids is 1. The summed E-state index contributed by atoms with van der Waals surface area (Å²) in [5.41, 5.74) is 5.62. The van der Waals surface area contributed by atoms with Crippen molar-refractivity contribution in [3.8, 4) is 11.1 Å². The maximum atomic E-state index is 15.3. The van der Waals surface area contributed by atoms with Crippen LogP contribution in [0.25, 0.3) is 11.1 Å². The molecule has 0 radical (unpaired) electrons. The highest BCUT2D eigenvalue weighted by atomic mass is 19.1. The van der Waals surface area contributed by atoms with Crippen LogP contribution in [0.5, 0.6) is 0 Å². The van der Waals surface area contributed by atoms with Gasteiger partial charge < -0.3 is 16.0 Å². The summed E-state index contributed by atoms with van der Waals surface area (Å²) in [6.07, 6.45) is 3.95. The molecule has 34 heavy (non-hydrogen) atoms. The lowest BCUT2D eigenvalue weighted by atomic mass is 9.95. The maximum absolute atomic E-state index is 15.3. The number of pyridine rings is 1. The van der Waals surface area contributed by atoms with Crippen LogP contribution in [-0.2, 0) is 0 Å². The van der Waals surface area contributed by atoms with Crippen molar-refractivity contribution in [2.75, 3.05) is 23.3 Å². The van der Waals surface area contributed by atoms with Gasteiger partial charge in [0.2, 0.25) is 0 Å². The number of hydrogen-bond acceptors (Lipinski definition) is 4. The van der Waals surface area contributed by atoms with E-state index >= 15 is 4.39 Å². The zero-order valence-electron chi connectivity index (χ0n) is 18.7. The molecule has 1 amide bonds. The molecule has 4 rings (SSSR count). The molecule has 0 bridgehead atoms. The third-order valence-electron chi connectivity index (χ3n) is 5.91. The molecule has 3 N–H and O–H groups in total. The number of hydrogen-bond donors (Lipinski definition) is 2. The second kappa shape index (κ2) is 9.42. The molecule has 178 valence electrons. The standard InChI is InChI=1S/C25H24F4N4O/c1-13-8-15(30)12-33(11-13)24-14(2)9-31-10-20(24)32-25(34)16-6-7-19(28)22(23(16)29)21-17(26)4-3-5-18(21)27/h3-7,9-10,13,15H,8,11-12,30H2,1-2H3,(H,32,34)/t13-,15+/m1/s1. The molecule has 2 atom stereocenters. The molecule has 2 aromatic carbocycles. The number of rotatable bonds is 4. The van der Waals surface area contributed by atoms with Gasteiger partial charge in [-0.2, -0.15) is 0 Å². The first kappa shape index (κ1) is 23.7. The minimum absolute atomic E-state index is 0.0485. The number of aryl methyl sites for hydroxylation is 1. The first-order chi connectivity index (χ1) is 16.2. The number of aromatic nitrogens is 1. The predicted molar refractivity (Wildman–Crippen MR) is 123 cm³/mol. The van der Waals surface area contributed by atoms with Gasteiger partial charge in [-0.15, -0.1) is 0 Å². The van der Waals surface area contributed by atoms with Crippen LogP contribution in [0.2, 0.25) is 0 Å². The SMILES string of the molecule is Cc1cncc(NC(=O)c2ccc(F)c(-c3c(F)cccc3F)c2F)c1N1C[C@H](C)C[C@H](N)C1. The third kappa shape index (κ3) is 4.48. The Bertz CT molecular complexity index is 1220. The Morgan fingerprint density at radius 3 is 2.38 bits per heavy atom. The highest BCUT2D eigenvalue weighted by molar-refractivity contribution is 6.07. The van der Waals surface area contributed by atoms with Crippen LogP contribution in [0.1, 0.15) is 29.3 Å². The lowest BCUT2D eigenvalue weighted by Crippen LogP contribution is -2.47. The molecule has 0 saturated carbocycles. The topological polar surface area (TPSA) is 71.2 Å². The summed E-state index contributed by atoms with van der Waals surface area (Å²) in [4.78, 5) is 19.2. The van der Waals surface area contributed by atoms with E-state index in [1.807, 2.05) is 11.8 Å². The maximum Gasteiger partial charge on any atom is 0.258 e. The number of amides is 1. The normalized spacial score (nSPS) is 18.1. The van der Waals surface area contributed by atoms with Crippen molar-refractivity contribution in [1.29, 1.82) is 0 Å². The van der Waals surface area contributed by atoms with Crippen LogP contribution in [0, 0.1) is 36.1 Å². The number of nitrogens with zero attached hydrogens (tertiary/aromatic N) is 2. The number of anilines is 2. The van der Waals surface area contributed by atoms with E-state index in [0.717, 1.165) is 42.3 Å². The van der Waals surface area contributed by atoms with E-state index in [-0.39, 0.29) is 6.04 Å². The van der Waals surface area contributed by atoms with Gasteiger partial charge in [-0.25, -0.2) is 17.6 Å². The fourth-order valence-electron chi connectivity index (χ4n) is 4.54. The van der Waals surface area contributed by atoms with Crippen molar-refractivity contribution >= 4 is 17.3 Å². The highest BCUT2D eigenvalue weighted by Gasteiger charge is 2.28. The highest BCUT2D eigenvalue weighted by Crippen LogP contribution is 2.35. The lowest BCUT2D eigenvalue weighted by Gasteiger charge is -2.38. The Hall–Kier alpha value is -3.46. The first-order valence-electron chi connectivity index (χ1n) is 10.9. The fraction of sp³-hybridized carbons (Fsp3) is 0.280. The average molecular weight is 472 g/mol. The van der Waals surface area contributed by atoms with Crippen LogP contribution in [-0.4, -0.2) is 30.0 Å². The predicted octanol–water partition coefficient (Wildman–Crippen LogP) is 5.04. The van der Waals surface area contributed by atoms with E-state index in [0.29, 0.717) is 30.4 Å². The molecule has 1 fully saturated rings. The van der Waals surface area contributed by atoms with Gasteiger partial charge in [-0.3, -0.25) is 9.78 Å². The molecule has 3 aromatic rings. The number of carbonyl (C=O) groups is 1. The van der Waals surface area contributed by atoms with Gasteiger partial charge in [0.15, 0.2) is 0 Å². The van der Waals surface area contributed by atoms with Gasteiger partial charge in [-0.1, -0.05) is 13.0 Å². The molecule has 1 aliphatic rings. The van der Waals surface area contributed by atoms with Crippen LogP contribution < -0.4 is 16.0 Å². The Balaban J connectivity index is 1.72. The van der Waals surface area contributed by atoms with E-state index in [1.54, 1.807) is 6.20 Å². The Labute approximate surface area is 194 Å². The second-order valence-electron chi connectivity index (χ2n) is 8.69. The van der Waals surface area contributed by atoms with Crippen molar-refractivity contribution in [1.82, 2.24) is 4.98 Å². The van der Waals surface area contributed by atoms with Gasteiger partial charge in [-0.05, 0) is 49.1 Å². The monoisotopic (exact) mass is 472 g/mol. The van der Waals surface area contributed by atoms with Crippen LogP contribution in [0.15, 0.2) is 42.7 Å². The number of nitrogens with one attached hydrogen (secondary N) is 1. The molecule has 1 aromatic heterocycles. The van der Waals surface area contributed by atoms with Crippen molar-refractivity contribution in [3.63, 3.8) is 0 Å². The van der Waals surface area contributed by atoms with Crippen LogP contribution >= 0.6 is 0 Å². The van der Waals surface area contributed by atoms with Gasteiger partial charge >= 0.3 is 0 Å². The van der Waals surface area contributed by atoms with Crippen molar-refractivity contribution in [3.05, 3.63) is 77.1 Å². The van der Waals surface area contributed by atoms with E-state index in [9.17, 15) is 18.0 Å². The Kier molecular flexibility index (Phi) is 6.56. The third-order valence-corrected chi connectivity index (χ3v) is 5.91. The number of halogens is 4. The zero-order valence-corrected chi connectivity index (χ0v) is 18.7. The summed E-state index contributed by atoms with van der Waals surface area (Å²) in [5.74, 6) is -5.41. The smallest absolute Gasteiger partial charge is 0.258 e. The summed E-state index contributed by atoms with van der Waals surface area (Å²) in [6.45, 7) is 5.20. The molecule has 9 heteroatoms. The number of nitrogens with two attached hydrogens (primary N) is 1. The Morgan fingerprint density at radius 2 is 1.71 bits per heavy atom. The molecule has 0 unspecified atom stereocenters. The summed E-state index contributed by atoms with van der Waals surface area (Å²) in [6, 6.07) is 4.55. The summed E-state index contributed by atoms with van der Waals surface area (Å²) < 4.78 is 58.2. The second-order valence-corrected chi connectivity index (χ2v) is 8.69. The molecule has 2 heterocycles. The molecular weight excluding hydrogens is 448 g/mol. The van der Waals surface area contributed by atoms with Crippen molar-refractivity contribution in [2.24, 2.45) is 11.7 Å². The largest absolute Gasteiger partial charge is 0.368 e. The zero-order chi connectivity index (χ0) is 24.6. The minimum Gasteiger partial charge on any atom is -0.368 e. The summed E-state index contributed by atoms with van der Waals surface area (Å²) >= 11 is 0. The molecule has 0 spiro atoms. The van der Waals surface area contributed by atoms with E-state index in [2.05, 4.69) is 17.2 Å². The van der Waals surface area contributed by atoms with Gasteiger partial charge in [0.1, 0.15) is 23.3 Å². The van der Waals surface area contributed by atoms with Gasteiger partial charge in [0, 0.05) is 25.3 Å². The first-order valence-corrected chi connectivity index (χ1v) is 10.9. The van der Waals surface area contributed by atoms with Crippen molar-refractivity contribution in [2.45, 2.75) is 26.3 Å². The number of piperidine rings is 1. The molecule has 1 aliphatic heterocycles. The quantitative estimate of drug-likeness (QED) is 0.522. The molecular formula is C25H24F4N4O.